The molecule has 0 bridgehead atoms. The van der Waals surface area contributed by atoms with Crippen molar-refractivity contribution in [2.24, 2.45) is 11.3 Å². The third-order valence-electron chi connectivity index (χ3n) is 11.4. The van der Waals surface area contributed by atoms with Gasteiger partial charge in [0.25, 0.3) is 0 Å². The van der Waals surface area contributed by atoms with E-state index < -0.39 is 17.5 Å². The molecule has 1 aliphatic carbocycles. The van der Waals surface area contributed by atoms with Crippen molar-refractivity contribution >= 4 is 23.1 Å². The first-order valence-corrected chi connectivity index (χ1v) is 19.1. The molecule has 0 saturated carbocycles. The molecule has 3 aliphatic rings. The minimum absolute atomic E-state index is 0.00854. The number of carbonyl (C=O) groups is 2. The van der Waals surface area contributed by atoms with Crippen molar-refractivity contribution < 1.29 is 23.8 Å². The van der Waals surface area contributed by atoms with Crippen molar-refractivity contribution in [3.8, 4) is 11.5 Å². The van der Waals surface area contributed by atoms with Gasteiger partial charge in [-0.15, -0.1) is 0 Å². The molecule has 5 aromatic rings. The van der Waals surface area contributed by atoms with Crippen LogP contribution in [-0.2, 0) is 15.2 Å². The van der Waals surface area contributed by atoms with Crippen LogP contribution in [0.5, 0.6) is 11.5 Å². The van der Waals surface area contributed by atoms with Gasteiger partial charge in [0.1, 0.15) is 11.4 Å². The molecule has 1 unspecified atom stereocenters. The predicted octanol–water partition coefficient (Wildman–Crippen LogP) is 9.41. The molecule has 55 heavy (non-hydrogen) atoms. The largest absolute Gasteiger partial charge is 0.454 e. The number of amides is 1. The molecular weight excluding hydrogens is 690 g/mol. The fourth-order valence-electron chi connectivity index (χ4n) is 8.77. The number of anilines is 2. The second kappa shape index (κ2) is 14.8. The normalized spacial score (nSPS) is 18.5. The zero-order valence-electron chi connectivity index (χ0n) is 31.3. The third-order valence-corrected chi connectivity index (χ3v) is 11.4. The lowest BCUT2D eigenvalue weighted by Gasteiger charge is -2.43. The van der Waals surface area contributed by atoms with Gasteiger partial charge in [0.2, 0.25) is 5.91 Å². The summed E-state index contributed by atoms with van der Waals surface area (Å²) in [5.74, 6) is -0.208. The summed E-state index contributed by atoms with van der Waals surface area (Å²) in [6.07, 6.45) is 2.19. The van der Waals surface area contributed by atoms with E-state index in [0.29, 0.717) is 55.7 Å². The average molecular weight is 736 g/mol. The Bertz CT molecular complexity index is 2180. The quantitative estimate of drug-likeness (QED) is 0.165. The fourth-order valence-corrected chi connectivity index (χ4v) is 8.77. The standard InChI is InChI=1S/C47H46FN3O4/c1-46(2)29-39-44(41(52)30-46)45(32-22-23-37(48)42(28-32)55-36-18-10-5-11-19-36)51(40-21-13-12-20-38(40)49-39)31-43(53)50-26-24-35(25-27-50)47(54,33-14-6-3-7-15-33)34-16-8-4-9-17-34/h3-23,28,35,45,49,54H,24-27,29-31H2,1-2H3. The van der Waals surface area contributed by atoms with Crippen LogP contribution >= 0.6 is 0 Å². The number of fused-ring (bicyclic) bond motifs is 1. The molecular formula is C47H46FN3O4. The summed E-state index contributed by atoms with van der Waals surface area (Å²) in [7, 11) is 0. The zero-order chi connectivity index (χ0) is 38.2. The number of nitrogens with zero attached hydrogens (tertiary/aromatic N) is 2. The number of ketones is 1. The van der Waals surface area contributed by atoms with E-state index in [9.17, 15) is 14.7 Å². The Kier molecular flexibility index (Phi) is 9.78. The molecule has 0 aromatic heterocycles. The molecule has 8 heteroatoms. The van der Waals surface area contributed by atoms with Gasteiger partial charge in [-0.3, -0.25) is 9.59 Å². The van der Waals surface area contributed by atoms with E-state index in [4.69, 9.17) is 4.74 Å². The van der Waals surface area contributed by atoms with Crippen molar-refractivity contribution in [3.05, 3.63) is 167 Å². The third kappa shape index (κ3) is 7.14. The van der Waals surface area contributed by atoms with Gasteiger partial charge < -0.3 is 25.0 Å². The Balaban J connectivity index is 1.14. The molecule has 2 N–H and O–H groups in total. The van der Waals surface area contributed by atoms with E-state index in [1.54, 1.807) is 24.3 Å². The molecule has 1 fully saturated rings. The van der Waals surface area contributed by atoms with E-state index in [1.807, 2.05) is 113 Å². The topological polar surface area (TPSA) is 82.1 Å². The van der Waals surface area contributed by atoms with Crippen LogP contribution in [0.1, 0.15) is 62.3 Å². The van der Waals surface area contributed by atoms with Gasteiger partial charge in [0.05, 0.1) is 24.0 Å². The minimum Gasteiger partial charge on any atom is -0.454 e. The Morgan fingerprint density at radius 2 is 1.44 bits per heavy atom. The Hall–Kier alpha value is -5.73. The van der Waals surface area contributed by atoms with Gasteiger partial charge in [-0.05, 0) is 83.7 Å². The van der Waals surface area contributed by atoms with Crippen LogP contribution in [0, 0.1) is 17.2 Å². The summed E-state index contributed by atoms with van der Waals surface area (Å²) in [5, 5.41) is 16.1. The number of carbonyl (C=O) groups excluding carboxylic acids is 2. The number of nitrogens with one attached hydrogen (secondary N) is 1. The van der Waals surface area contributed by atoms with Crippen molar-refractivity contribution in [2.45, 2.75) is 51.2 Å². The number of para-hydroxylation sites is 3. The Morgan fingerprint density at radius 3 is 2.09 bits per heavy atom. The predicted molar refractivity (Wildman–Crippen MR) is 213 cm³/mol. The highest BCUT2D eigenvalue weighted by Gasteiger charge is 2.44. The number of rotatable bonds is 8. The van der Waals surface area contributed by atoms with Crippen molar-refractivity contribution in [2.75, 3.05) is 29.9 Å². The second-order valence-corrected chi connectivity index (χ2v) is 15.8. The van der Waals surface area contributed by atoms with Crippen LogP contribution in [0.2, 0.25) is 0 Å². The van der Waals surface area contributed by atoms with E-state index in [-0.39, 0.29) is 35.3 Å². The summed E-state index contributed by atoms with van der Waals surface area (Å²) in [6, 6.07) is 40.5. The van der Waals surface area contributed by atoms with Crippen LogP contribution in [0.15, 0.2) is 145 Å². The number of allylic oxidation sites excluding steroid dienone is 1. The molecule has 1 saturated heterocycles. The lowest BCUT2D eigenvalue weighted by molar-refractivity contribution is -0.132. The number of halogens is 1. The number of piperidine rings is 1. The van der Waals surface area contributed by atoms with E-state index in [1.165, 1.54) is 6.07 Å². The van der Waals surface area contributed by atoms with Crippen LogP contribution < -0.4 is 15.0 Å². The second-order valence-electron chi connectivity index (χ2n) is 15.8. The first kappa shape index (κ1) is 36.3. The fraction of sp³-hybridized carbons (Fsp3) is 0.277. The number of likely N-dealkylation sites (tertiary alicyclic amines) is 1. The highest BCUT2D eigenvalue weighted by molar-refractivity contribution is 6.02. The summed E-state index contributed by atoms with van der Waals surface area (Å²) in [5.41, 5.74) is 3.79. The molecule has 5 aromatic carbocycles. The maximum atomic E-state index is 15.4. The number of benzene rings is 5. The summed E-state index contributed by atoms with van der Waals surface area (Å²) < 4.78 is 21.5. The molecule has 7 nitrogen and oxygen atoms in total. The van der Waals surface area contributed by atoms with Gasteiger partial charge in [-0.25, -0.2) is 4.39 Å². The van der Waals surface area contributed by atoms with Crippen LogP contribution in [0.25, 0.3) is 0 Å². The van der Waals surface area contributed by atoms with Crippen molar-refractivity contribution in [1.29, 1.82) is 0 Å². The zero-order valence-corrected chi connectivity index (χ0v) is 31.3. The Morgan fingerprint density at radius 1 is 0.836 bits per heavy atom. The molecule has 2 heterocycles. The number of hydrogen-bond donors (Lipinski definition) is 2. The molecule has 1 amide bonds. The summed E-state index contributed by atoms with van der Waals surface area (Å²) in [4.78, 5) is 32.8. The lowest BCUT2D eigenvalue weighted by atomic mass is 9.72. The number of ether oxygens (including phenoxy) is 1. The van der Waals surface area contributed by atoms with E-state index >= 15 is 4.39 Å². The van der Waals surface area contributed by atoms with Crippen LogP contribution in [0.3, 0.4) is 0 Å². The number of aliphatic hydroxyl groups is 1. The van der Waals surface area contributed by atoms with Crippen molar-refractivity contribution in [3.63, 3.8) is 0 Å². The highest BCUT2D eigenvalue weighted by atomic mass is 19.1. The van der Waals surface area contributed by atoms with Crippen LogP contribution in [-0.4, -0.2) is 41.3 Å². The lowest BCUT2D eigenvalue weighted by Crippen LogP contribution is -2.49. The average Bonchev–Trinajstić information content (AvgIpc) is 3.33. The van der Waals surface area contributed by atoms with Crippen molar-refractivity contribution in [1.82, 2.24) is 4.90 Å². The molecule has 8 rings (SSSR count). The number of hydrogen-bond acceptors (Lipinski definition) is 6. The minimum atomic E-state index is -1.21. The Labute approximate surface area is 322 Å². The molecule has 0 radical (unpaired) electrons. The number of Topliss-reactive ketones (excluding diaryl/α,β-unsaturated/α-hetero) is 1. The van der Waals surface area contributed by atoms with Crippen LogP contribution in [0.4, 0.5) is 15.8 Å². The maximum Gasteiger partial charge on any atom is 0.242 e. The first-order valence-electron chi connectivity index (χ1n) is 19.1. The maximum absolute atomic E-state index is 15.4. The van der Waals surface area contributed by atoms with Gasteiger partial charge in [-0.2, -0.15) is 0 Å². The highest BCUT2D eigenvalue weighted by Crippen LogP contribution is 2.49. The van der Waals surface area contributed by atoms with Gasteiger partial charge in [0, 0.05) is 30.8 Å². The van der Waals surface area contributed by atoms with Gasteiger partial charge in [0.15, 0.2) is 17.3 Å². The molecule has 0 spiro atoms. The molecule has 280 valence electrons. The monoisotopic (exact) mass is 735 g/mol. The molecule has 2 aliphatic heterocycles. The van der Waals surface area contributed by atoms with Gasteiger partial charge in [-0.1, -0.05) is 111 Å². The summed E-state index contributed by atoms with van der Waals surface area (Å²) in [6.45, 7) is 5.10. The van der Waals surface area contributed by atoms with Gasteiger partial charge >= 0.3 is 0 Å². The molecule has 1 atom stereocenters. The first-order chi connectivity index (χ1) is 26.6. The summed E-state index contributed by atoms with van der Waals surface area (Å²) >= 11 is 0. The van der Waals surface area contributed by atoms with E-state index in [0.717, 1.165) is 28.2 Å². The SMILES string of the molecule is CC1(C)CC(=O)C2=C(C1)Nc1ccccc1N(CC(=O)N1CCC(C(O)(c3ccccc3)c3ccccc3)CC1)C2c1ccc(F)c(Oc2ccccc2)c1. The van der Waals surface area contributed by atoms with E-state index in [2.05, 4.69) is 19.2 Å². The smallest absolute Gasteiger partial charge is 0.242 e.